The fourth-order valence-corrected chi connectivity index (χ4v) is 0.797. The van der Waals surface area contributed by atoms with E-state index in [0.29, 0.717) is 5.70 Å². The van der Waals surface area contributed by atoms with Crippen molar-refractivity contribution in [3.8, 4) is 0 Å². The minimum absolute atomic E-state index is 0.278. The van der Waals surface area contributed by atoms with Crippen molar-refractivity contribution in [2.24, 2.45) is 22.4 Å². The van der Waals surface area contributed by atoms with Gasteiger partial charge >= 0.3 is 0 Å². The average molecular weight is 167 g/mol. The van der Waals surface area contributed by atoms with Crippen molar-refractivity contribution in [1.29, 1.82) is 0 Å². The van der Waals surface area contributed by atoms with Crippen LogP contribution in [0.5, 0.6) is 0 Å². The van der Waals surface area contributed by atoms with Crippen LogP contribution >= 0.6 is 0 Å². The normalized spacial score (nSPS) is 15.0. The van der Waals surface area contributed by atoms with E-state index in [2.05, 4.69) is 11.6 Å². The number of rotatable bonds is 4. The molecule has 0 spiro atoms. The predicted octanol–water partition coefficient (Wildman–Crippen LogP) is 1.38. The highest BCUT2D eigenvalue weighted by molar-refractivity contribution is 5.82. The van der Waals surface area contributed by atoms with Crippen LogP contribution in [0.4, 0.5) is 0 Å². The molecular formula is C9H17N3. The van der Waals surface area contributed by atoms with Crippen molar-refractivity contribution in [3.05, 3.63) is 24.7 Å². The highest BCUT2D eigenvalue weighted by Crippen LogP contribution is 2.08. The number of nitrogens with two attached hydrogens (primary N) is 2. The minimum atomic E-state index is 0.278. The van der Waals surface area contributed by atoms with Gasteiger partial charge in [0.2, 0.25) is 0 Å². The lowest BCUT2D eigenvalue weighted by molar-refractivity contribution is 0.707. The molecule has 0 aromatic carbocycles. The molecule has 0 saturated carbocycles. The van der Waals surface area contributed by atoms with Crippen molar-refractivity contribution >= 4 is 5.71 Å². The third-order valence-electron chi connectivity index (χ3n) is 1.62. The van der Waals surface area contributed by atoms with E-state index in [4.69, 9.17) is 11.5 Å². The third-order valence-corrected chi connectivity index (χ3v) is 1.62. The van der Waals surface area contributed by atoms with E-state index in [0.717, 1.165) is 12.1 Å². The highest BCUT2D eigenvalue weighted by Gasteiger charge is 2.03. The maximum absolute atomic E-state index is 5.52. The first kappa shape index (κ1) is 10.8. The van der Waals surface area contributed by atoms with Crippen molar-refractivity contribution in [1.82, 2.24) is 0 Å². The van der Waals surface area contributed by atoms with E-state index in [1.807, 2.05) is 13.8 Å². The molecule has 0 unspecified atom stereocenters. The maximum atomic E-state index is 5.52. The van der Waals surface area contributed by atoms with Crippen molar-refractivity contribution in [3.63, 3.8) is 0 Å². The molecule has 3 nitrogen and oxygen atoms in total. The van der Waals surface area contributed by atoms with Crippen LogP contribution in [0.2, 0.25) is 0 Å². The van der Waals surface area contributed by atoms with Crippen LogP contribution < -0.4 is 11.5 Å². The molecule has 3 heteroatoms. The van der Waals surface area contributed by atoms with Gasteiger partial charge < -0.3 is 11.5 Å². The lowest BCUT2D eigenvalue weighted by Crippen LogP contribution is -2.10. The Hall–Kier alpha value is -1.25. The topological polar surface area (TPSA) is 64.4 Å². The zero-order chi connectivity index (χ0) is 9.56. The molecule has 0 aromatic heterocycles. The summed E-state index contributed by atoms with van der Waals surface area (Å²) in [7, 11) is 0. The highest BCUT2D eigenvalue weighted by atomic mass is 14.7. The van der Waals surface area contributed by atoms with Gasteiger partial charge in [0, 0.05) is 29.7 Å². The van der Waals surface area contributed by atoms with E-state index in [9.17, 15) is 0 Å². The van der Waals surface area contributed by atoms with Gasteiger partial charge in [-0.05, 0) is 13.3 Å². The second-order valence-electron chi connectivity index (χ2n) is 2.89. The van der Waals surface area contributed by atoms with Crippen molar-refractivity contribution in [2.75, 3.05) is 0 Å². The van der Waals surface area contributed by atoms with Gasteiger partial charge in [0.25, 0.3) is 0 Å². The molecule has 0 rings (SSSR count). The second kappa shape index (κ2) is 5.41. The summed E-state index contributed by atoms with van der Waals surface area (Å²) in [6, 6.07) is 0. The zero-order valence-corrected chi connectivity index (χ0v) is 7.75. The Labute approximate surface area is 73.9 Å². The third kappa shape index (κ3) is 4.55. The van der Waals surface area contributed by atoms with E-state index in [1.165, 1.54) is 6.20 Å². The molecule has 0 heterocycles. The molecule has 12 heavy (non-hydrogen) atoms. The summed E-state index contributed by atoms with van der Waals surface area (Å²) in [6.45, 7) is 7.63. The maximum Gasteiger partial charge on any atom is 0.0421 e. The molecule has 0 aliphatic carbocycles. The summed E-state index contributed by atoms with van der Waals surface area (Å²) < 4.78 is 0. The van der Waals surface area contributed by atoms with E-state index in [1.54, 1.807) is 6.20 Å². The molecule has 0 radical (unpaired) electrons. The molecule has 0 saturated heterocycles. The van der Waals surface area contributed by atoms with Gasteiger partial charge in [-0.3, -0.25) is 4.99 Å². The summed E-state index contributed by atoms with van der Waals surface area (Å²) in [5.74, 6) is 0.278. The largest absolute Gasteiger partial charge is 0.403 e. The molecule has 0 bridgehead atoms. The predicted molar refractivity (Wildman–Crippen MR) is 53.5 cm³/mol. The summed E-state index contributed by atoms with van der Waals surface area (Å²) in [6.07, 6.45) is 3.81. The van der Waals surface area contributed by atoms with Gasteiger partial charge in [-0.25, -0.2) is 0 Å². The van der Waals surface area contributed by atoms with E-state index >= 15 is 0 Å². The molecular weight excluding hydrogens is 150 g/mol. The van der Waals surface area contributed by atoms with Gasteiger partial charge in [0.15, 0.2) is 0 Å². The van der Waals surface area contributed by atoms with Gasteiger partial charge in [0.1, 0.15) is 0 Å². The molecule has 0 amide bonds. The van der Waals surface area contributed by atoms with E-state index in [-0.39, 0.29) is 5.92 Å². The molecule has 0 aliphatic heterocycles. The number of hydrogen-bond donors (Lipinski definition) is 2. The molecule has 4 N–H and O–H groups in total. The van der Waals surface area contributed by atoms with Crippen LogP contribution in [0.1, 0.15) is 20.3 Å². The SMILES string of the molecule is C=C(N)[C@@H](C)C/C(C)=N/C=C\N. The molecule has 0 fully saturated rings. The number of aliphatic imine (C=N–C) groups is 1. The standard InChI is InChI=1S/C9H17N3/c1-7(9(3)11)6-8(2)12-5-4-10/h4-5,7H,3,6,10-11H2,1-2H3/b5-4-,12-8+/t7-/m0/s1. The summed E-state index contributed by atoms with van der Waals surface area (Å²) in [5, 5.41) is 0. The summed E-state index contributed by atoms with van der Waals surface area (Å²) in [4.78, 5) is 4.08. The summed E-state index contributed by atoms with van der Waals surface area (Å²) in [5.41, 5.74) is 12.4. The summed E-state index contributed by atoms with van der Waals surface area (Å²) >= 11 is 0. The van der Waals surface area contributed by atoms with Crippen molar-refractivity contribution in [2.45, 2.75) is 20.3 Å². The Balaban J connectivity index is 3.99. The Kier molecular flexibility index (Phi) is 4.84. The van der Waals surface area contributed by atoms with Crippen LogP contribution in [0, 0.1) is 5.92 Å². The van der Waals surface area contributed by atoms with Crippen LogP contribution in [-0.4, -0.2) is 5.71 Å². The Morgan fingerprint density at radius 3 is 2.67 bits per heavy atom. The Bertz CT molecular complexity index is 204. The number of hydrogen-bond acceptors (Lipinski definition) is 3. The van der Waals surface area contributed by atoms with E-state index < -0.39 is 0 Å². The van der Waals surface area contributed by atoms with Gasteiger partial charge in [0.05, 0.1) is 0 Å². The fourth-order valence-electron chi connectivity index (χ4n) is 0.797. The van der Waals surface area contributed by atoms with Gasteiger partial charge in [-0.2, -0.15) is 0 Å². The molecule has 1 atom stereocenters. The van der Waals surface area contributed by atoms with Crippen LogP contribution in [0.15, 0.2) is 29.7 Å². The van der Waals surface area contributed by atoms with Crippen LogP contribution in [-0.2, 0) is 0 Å². The van der Waals surface area contributed by atoms with Crippen LogP contribution in [0.3, 0.4) is 0 Å². The monoisotopic (exact) mass is 167 g/mol. The van der Waals surface area contributed by atoms with Crippen LogP contribution in [0.25, 0.3) is 0 Å². The Morgan fingerprint density at radius 2 is 2.25 bits per heavy atom. The average Bonchev–Trinajstić information content (AvgIpc) is 2.00. The Morgan fingerprint density at radius 1 is 1.67 bits per heavy atom. The quantitative estimate of drug-likeness (QED) is 0.621. The lowest BCUT2D eigenvalue weighted by Gasteiger charge is -2.09. The first-order valence-corrected chi connectivity index (χ1v) is 3.92. The smallest absolute Gasteiger partial charge is 0.0421 e. The minimum Gasteiger partial charge on any atom is -0.403 e. The zero-order valence-electron chi connectivity index (χ0n) is 7.75. The van der Waals surface area contributed by atoms with Gasteiger partial charge in [-0.1, -0.05) is 13.5 Å². The number of nitrogens with zero attached hydrogens (tertiary/aromatic N) is 1. The van der Waals surface area contributed by atoms with Gasteiger partial charge in [-0.15, -0.1) is 0 Å². The second-order valence-corrected chi connectivity index (χ2v) is 2.89. The first-order valence-electron chi connectivity index (χ1n) is 3.92. The molecule has 0 aromatic rings. The van der Waals surface area contributed by atoms with Crippen molar-refractivity contribution < 1.29 is 0 Å². The molecule has 68 valence electrons. The molecule has 0 aliphatic rings. The first-order chi connectivity index (χ1) is 5.57. The number of allylic oxidation sites excluding steroid dienone is 1. The fraction of sp³-hybridized carbons (Fsp3) is 0.444. The lowest BCUT2D eigenvalue weighted by atomic mass is 10.0.